The molecule has 1 aromatic heterocycles. The molecule has 7 heteroatoms. The predicted octanol–water partition coefficient (Wildman–Crippen LogP) is 3.22. The first-order valence-corrected chi connectivity index (χ1v) is 9.93. The highest BCUT2D eigenvalue weighted by Crippen LogP contribution is 2.20. The van der Waals surface area contributed by atoms with Gasteiger partial charge in [0.05, 0.1) is 4.90 Å². The van der Waals surface area contributed by atoms with Crippen molar-refractivity contribution in [2.45, 2.75) is 29.5 Å². The van der Waals surface area contributed by atoms with Gasteiger partial charge in [-0.05, 0) is 31.9 Å². The maximum Gasteiger partial charge on any atom is 0.240 e. The Hall–Kier alpha value is -0.890. The molecule has 2 aromatic rings. The lowest BCUT2D eigenvalue weighted by atomic mass is 10.2. The Labute approximate surface area is 134 Å². The predicted molar refractivity (Wildman–Crippen MR) is 88.6 cm³/mol. The number of hydrogen-bond acceptors (Lipinski definition) is 5. The normalized spacial score (nSPS) is 11.7. The lowest BCUT2D eigenvalue weighted by Crippen LogP contribution is -2.25. The minimum atomic E-state index is -3.41. The number of sulfonamides is 1. The second-order valence-electron chi connectivity index (χ2n) is 4.67. The molecule has 0 fully saturated rings. The van der Waals surface area contributed by atoms with Gasteiger partial charge in [0.15, 0.2) is 0 Å². The number of thiazole rings is 1. The van der Waals surface area contributed by atoms with E-state index in [-0.39, 0.29) is 0 Å². The molecule has 0 amide bonds. The van der Waals surface area contributed by atoms with E-state index < -0.39 is 10.0 Å². The van der Waals surface area contributed by atoms with Crippen molar-refractivity contribution in [1.82, 2.24) is 9.71 Å². The smallest absolute Gasteiger partial charge is 0.238 e. The number of aromatic nitrogens is 1. The summed E-state index contributed by atoms with van der Waals surface area (Å²) in [6.45, 7) is 4.21. The number of nitrogens with zero attached hydrogens (tertiary/aromatic N) is 1. The number of hydrogen-bond donors (Lipinski definition) is 1. The SMILES string of the molecule is Cc1ccc(S(=O)(=O)NCCCSc2nccs2)c(C)c1. The molecule has 0 bridgehead atoms. The van der Waals surface area contributed by atoms with Crippen LogP contribution >= 0.6 is 23.1 Å². The van der Waals surface area contributed by atoms with Crippen LogP contribution in [-0.2, 0) is 10.0 Å². The van der Waals surface area contributed by atoms with Gasteiger partial charge in [-0.2, -0.15) is 0 Å². The van der Waals surface area contributed by atoms with Gasteiger partial charge in [0.25, 0.3) is 0 Å². The molecule has 114 valence electrons. The Morgan fingerprint density at radius 2 is 2.14 bits per heavy atom. The monoisotopic (exact) mass is 342 g/mol. The van der Waals surface area contributed by atoms with Gasteiger partial charge in [-0.25, -0.2) is 18.1 Å². The first-order chi connectivity index (χ1) is 9.99. The highest BCUT2D eigenvalue weighted by atomic mass is 32.2. The summed E-state index contributed by atoms with van der Waals surface area (Å²) in [6, 6.07) is 5.37. The van der Waals surface area contributed by atoms with Crippen molar-refractivity contribution in [2.75, 3.05) is 12.3 Å². The fourth-order valence-corrected chi connectivity index (χ4v) is 4.84. The standard InChI is InChI=1S/C14H18N2O2S3/c1-11-4-5-13(12(2)10-11)21(17,18)16-6-3-8-19-14-15-7-9-20-14/h4-5,7,9-10,16H,3,6,8H2,1-2H3. The van der Waals surface area contributed by atoms with E-state index in [1.165, 1.54) is 0 Å². The number of nitrogens with one attached hydrogen (secondary N) is 1. The highest BCUT2D eigenvalue weighted by molar-refractivity contribution is 8.01. The molecule has 4 nitrogen and oxygen atoms in total. The summed E-state index contributed by atoms with van der Waals surface area (Å²) in [6.07, 6.45) is 2.55. The van der Waals surface area contributed by atoms with Crippen LogP contribution in [0.3, 0.4) is 0 Å². The maximum atomic E-state index is 12.2. The third-order valence-corrected chi connectivity index (χ3v) is 6.54. The van der Waals surface area contributed by atoms with Crippen molar-refractivity contribution in [3.63, 3.8) is 0 Å². The third kappa shape index (κ3) is 4.81. The molecule has 21 heavy (non-hydrogen) atoms. The fraction of sp³-hybridized carbons (Fsp3) is 0.357. The molecule has 1 N–H and O–H groups in total. The zero-order chi connectivity index (χ0) is 15.3. The number of thioether (sulfide) groups is 1. The van der Waals surface area contributed by atoms with Crippen molar-refractivity contribution in [2.24, 2.45) is 0 Å². The van der Waals surface area contributed by atoms with Gasteiger partial charge in [-0.15, -0.1) is 11.3 Å². The summed E-state index contributed by atoms with van der Waals surface area (Å²) in [5.74, 6) is 0.850. The van der Waals surface area contributed by atoms with Crippen LogP contribution in [0, 0.1) is 13.8 Å². The van der Waals surface area contributed by atoms with Gasteiger partial charge in [0, 0.05) is 23.9 Å². The molecule has 0 aliphatic heterocycles. The van der Waals surface area contributed by atoms with E-state index in [4.69, 9.17) is 0 Å². The summed E-state index contributed by atoms with van der Waals surface area (Å²) in [4.78, 5) is 4.53. The molecule has 0 aliphatic rings. The average Bonchev–Trinajstić information content (AvgIpc) is 2.91. The van der Waals surface area contributed by atoms with E-state index in [9.17, 15) is 8.42 Å². The molecule has 0 unspecified atom stereocenters. The minimum Gasteiger partial charge on any atom is -0.238 e. The Morgan fingerprint density at radius 3 is 2.81 bits per heavy atom. The maximum absolute atomic E-state index is 12.2. The molecule has 0 saturated heterocycles. The lowest BCUT2D eigenvalue weighted by Gasteiger charge is -2.09. The van der Waals surface area contributed by atoms with Crippen LogP contribution in [0.15, 0.2) is 39.0 Å². The van der Waals surface area contributed by atoms with Crippen LogP contribution in [0.2, 0.25) is 0 Å². The Balaban J connectivity index is 1.84. The van der Waals surface area contributed by atoms with Gasteiger partial charge in [0.2, 0.25) is 10.0 Å². The van der Waals surface area contributed by atoms with Crippen LogP contribution in [0.4, 0.5) is 0 Å². The van der Waals surface area contributed by atoms with Gasteiger partial charge < -0.3 is 0 Å². The summed E-state index contributed by atoms with van der Waals surface area (Å²) < 4.78 is 28.1. The van der Waals surface area contributed by atoms with E-state index >= 15 is 0 Å². The van der Waals surface area contributed by atoms with Crippen LogP contribution in [-0.4, -0.2) is 25.7 Å². The minimum absolute atomic E-state index is 0.362. The van der Waals surface area contributed by atoms with E-state index in [2.05, 4.69) is 9.71 Å². The topological polar surface area (TPSA) is 59.1 Å². The fourth-order valence-electron chi connectivity index (χ4n) is 1.90. The van der Waals surface area contributed by atoms with Gasteiger partial charge >= 0.3 is 0 Å². The zero-order valence-corrected chi connectivity index (χ0v) is 14.4. The van der Waals surface area contributed by atoms with Crippen LogP contribution < -0.4 is 4.72 Å². The number of aryl methyl sites for hydroxylation is 2. The first-order valence-electron chi connectivity index (χ1n) is 6.58. The van der Waals surface area contributed by atoms with Crippen molar-refractivity contribution in [1.29, 1.82) is 0 Å². The second-order valence-corrected chi connectivity index (χ2v) is 8.64. The molecular formula is C14H18N2O2S3. The van der Waals surface area contributed by atoms with Crippen molar-refractivity contribution in [3.8, 4) is 0 Å². The van der Waals surface area contributed by atoms with Crippen molar-refractivity contribution >= 4 is 33.1 Å². The first kappa shape index (κ1) is 16.5. The Kier molecular flexibility index (Phi) is 5.80. The lowest BCUT2D eigenvalue weighted by molar-refractivity contribution is 0.580. The molecule has 0 radical (unpaired) electrons. The highest BCUT2D eigenvalue weighted by Gasteiger charge is 2.15. The van der Waals surface area contributed by atoms with Crippen LogP contribution in [0.25, 0.3) is 0 Å². The summed E-state index contributed by atoms with van der Waals surface area (Å²) in [5.41, 5.74) is 1.84. The molecule has 1 heterocycles. The number of benzene rings is 1. The summed E-state index contributed by atoms with van der Waals surface area (Å²) >= 11 is 3.25. The van der Waals surface area contributed by atoms with Crippen molar-refractivity contribution in [3.05, 3.63) is 40.9 Å². The zero-order valence-electron chi connectivity index (χ0n) is 12.0. The van der Waals surface area contributed by atoms with E-state index in [0.717, 1.165) is 27.6 Å². The average molecular weight is 343 g/mol. The number of rotatable bonds is 7. The molecular weight excluding hydrogens is 324 g/mol. The van der Waals surface area contributed by atoms with E-state index in [1.807, 2.05) is 31.4 Å². The van der Waals surface area contributed by atoms with Crippen molar-refractivity contribution < 1.29 is 8.42 Å². The molecule has 0 aliphatic carbocycles. The van der Waals surface area contributed by atoms with Crippen LogP contribution in [0.1, 0.15) is 17.5 Å². The Morgan fingerprint density at radius 1 is 1.33 bits per heavy atom. The molecule has 0 spiro atoms. The summed E-state index contributed by atoms with van der Waals surface area (Å²) in [7, 11) is -3.41. The second kappa shape index (κ2) is 7.40. The molecule has 0 saturated carbocycles. The molecule has 1 aromatic carbocycles. The van der Waals surface area contributed by atoms with Gasteiger partial charge in [0.1, 0.15) is 4.34 Å². The van der Waals surface area contributed by atoms with E-state index in [0.29, 0.717) is 11.4 Å². The Bertz CT molecular complexity index is 682. The summed E-state index contributed by atoms with van der Waals surface area (Å²) in [5, 5.41) is 1.94. The quantitative estimate of drug-likeness (QED) is 0.620. The largest absolute Gasteiger partial charge is 0.240 e. The molecule has 2 rings (SSSR count). The van der Waals surface area contributed by atoms with E-state index in [1.54, 1.807) is 35.4 Å². The van der Waals surface area contributed by atoms with Gasteiger partial charge in [-0.1, -0.05) is 29.5 Å². The molecule has 0 atom stereocenters. The third-order valence-electron chi connectivity index (χ3n) is 2.87. The van der Waals surface area contributed by atoms with Crippen LogP contribution in [0.5, 0.6) is 0 Å². The van der Waals surface area contributed by atoms with Gasteiger partial charge in [-0.3, -0.25) is 0 Å².